The van der Waals surface area contributed by atoms with Crippen LogP contribution in [0.25, 0.3) is 5.69 Å². The molecule has 2 aromatic rings. The summed E-state index contributed by atoms with van der Waals surface area (Å²) in [6.07, 6.45) is 1.10. The molecule has 0 spiro atoms. The first kappa shape index (κ1) is 12.7. The highest BCUT2D eigenvalue weighted by molar-refractivity contribution is 7.88. The van der Waals surface area contributed by atoms with Gasteiger partial charge in [0.2, 0.25) is 10.0 Å². The number of para-hydroxylation sites is 1. The fourth-order valence-electron chi connectivity index (χ4n) is 1.59. The summed E-state index contributed by atoms with van der Waals surface area (Å²) in [4.78, 5) is 0. The van der Waals surface area contributed by atoms with Gasteiger partial charge in [0.15, 0.2) is 5.82 Å². The summed E-state index contributed by atoms with van der Waals surface area (Å²) in [5.41, 5.74) is 0.777. The lowest BCUT2D eigenvalue weighted by atomic mass is 10.3. The highest BCUT2D eigenvalue weighted by atomic mass is 32.2. The smallest absolute Gasteiger partial charge is 0.209 e. The molecule has 2 rings (SSSR count). The number of tetrazole rings is 1. The van der Waals surface area contributed by atoms with E-state index in [9.17, 15) is 8.42 Å². The molecule has 0 saturated heterocycles. The van der Waals surface area contributed by atoms with Crippen molar-refractivity contribution < 1.29 is 8.42 Å². The van der Waals surface area contributed by atoms with Gasteiger partial charge in [0.1, 0.15) is 0 Å². The van der Waals surface area contributed by atoms with Crippen molar-refractivity contribution in [1.29, 1.82) is 0 Å². The summed E-state index contributed by atoms with van der Waals surface area (Å²) < 4.78 is 26.3. The molecule has 1 aromatic carbocycles. The van der Waals surface area contributed by atoms with E-state index in [0.29, 0.717) is 5.82 Å². The van der Waals surface area contributed by atoms with Crippen LogP contribution in [0.15, 0.2) is 30.3 Å². The predicted molar refractivity (Wildman–Crippen MR) is 65.5 cm³/mol. The van der Waals surface area contributed by atoms with Crippen LogP contribution in [-0.4, -0.2) is 34.9 Å². The van der Waals surface area contributed by atoms with Gasteiger partial charge >= 0.3 is 0 Å². The zero-order valence-electron chi connectivity index (χ0n) is 9.98. The molecule has 8 heteroatoms. The standard InChI is InChI=1S/C10H13N5O2S/c1-8(12-18(2,16)17)10-11-13-14-15(10)9-6-4-3-5-7-9/h3-8,12H,1-2H3. The molecular formula is C10H13N5O2S. The third kappa shape index (κ3) is 2.90. The molecule has 1 N–H and O–H groups in total. The zero-order valence-corrected chi connectivity index (χ0v) is 10.8. The largest absolute Gasteiger partial charge is 0.213 e. The molecule has 0 saturated carbocycles. The maximum atomic E-state index is 11.2. The molecule has 96 valence electrons. The molecule has 0 amide bonds. The first-order valence-electron chi connectivity index (χ1n) is 5.28. The van der Waals surface area contributed by atoms with E-state index < -0.39 is 16.1 Å². The number of hydrogen-bond acceptors (Lipinski definition) is 5. The van der Waals surface area contributed by atoms with Gasteiger partial charge in [-0.2, -0.15) is 4.68 Å². The molecule has 1 heterocycles. The van der Waals surface area contributed by atoms with Crippen molar-refractivity contribution in [2.45, 2.75) is 13.0 Å². The first-order chi connectivity index (χ1) is 8.47. The number of rotatable bonds is 4. The maximum absolute atomic E-state index is 11.2. The van der Waals surface area contributed by atoms with Gasteiger partial charge in [-0.3, -0.25) is 0 Å². The van der Waals surface area contributed by atoms with E-state index >= 15 is 0 Å². The topological polar surface area (TPSA) is 89.8 Å². The van der Waals surface area contributed by atoms with Crippen LogP contribution in [-0.2, 0) is 10.0 Å². The lowest BCUT2D eigenvalue weighted by Gasteiger charge is -2.11. The van der Waals surface area contributed by atoms with Crippen molar-refractivity contribution in [2.24, 2.45) is 0 Å². The molecule has 0 aliphatic carbocycles. The molecule has 7 nitrogen and oxygen atoms in total. The number of hydrogen-bond donors (Lipinski definition) is 1. The predicted octanol–water partition coefficient (Wildman–Crippen LogP) is 0.272. The maximum Gasteiger partial charge on any atom is 0.209 e. The number of benzene rings is 1. The average molecular weight is 267 g/mol. The summed E-state index contributed by atoms with van der Waals surface area (Å²) in [6, 6.07) is 8.77. The Kier molecular flexibility index (Phi) is 3.39. The monoisotopic (exact) mass is 267 g/mol. The number of nitrogens with zero attached hydrogens (tertiary/aromatic N) is 4. The summed E-state index contributed by atoms with van der Waals surface area (Å²) in [7, 11) is -3.31. The molecular weight excluding hydrogens is 254 g/mol. The minimum atomic E-state index is -3.31. The second kappa shape index (κ2) is 4.83. The summed E-state index contributed by atoms with van der Waals surface area (Å²) in [5, 5.41) is 11.3. The van der Waals surface area contributed by atoms with Gasteiger partial charge in [0.25, 0.3) is 0 Å². The quantitative estimate of drug-likeness (QED) is 0.859. The van der Waals surface area contributed by atoms with Crippen LogP contribution in [0.2, 0.25) is 0 Å². The van der Waals surface area contributed by atoms with Crippen molar-refractivity contribution in [3.63, 3.8) is 0 Å². The van der Waals surface area contributed by atoms with E-state index in [1.165, 1.54) is 4.68 Å². The van der Waals surface area contributed by atoms with E-state index in [1.54, 1.807) is 6.92 Å². The average Bonchev–Trinajstić information content (AvgIpc) is 2.76. The van der Waals surface area contributed by atoms with Crippen LogP contribution in [0.5, 0.6) is 0 Å². The van der Waals surface area contributed by atoms with Crippen molar-refractivity contribution in [3.05, 3.63) is 36.2 Å². The Morgan fingerprint density at radius 1 is 1.28 bits per heavy atom. The molecule has 0 fully saturated rings. The number of sulfonamides is 1. The molecule has 0 radical (unpaired) electrons. The number of nitrogens with one attached hydrogen (secondary N) is 1. The van der Waals surface area contributed by atoms with E-state index in [1.807, 2.05) is 30.3 Å². The van der Waals surface area contributed by atoms with E-state index in [4.69, 9.17) is 0 Å². The lowest BCUT2D eigenvalue weighted by Crippen LogP contribution is -2.27. The van der Waals surface area contributed by atoms with E-state index in [-0.39, 0.29) is 0 Å². The Labute approximate surface area is 105 Å². The van der Waals surface area contributed by atoms with E-state index in [0.717, 1.165) is 11.9 Å². The lowest BCUT2D eigenvalue weighted by molar-refractivity contribution is 0.560. The second-order valence-corrected chi connectivity index (χ2v) is 5.68. The van der Waals surface area contributed by atoms with Crippen LogP contribution in [0.4, 0.5) is 0 Å². The van der Waals surface area contributed by atoms with Crippen LogP contribution < -0.4 is 4.72 Å². The van der Waals surface area contributed by atoms with Gasteiger partial charge in [0, 0.05) is 0 Å². The van der Waals surface area contributed by atoms with Crippen molar-refractivity contribution in [3.8, 4) is 5.69 Å². The minimum absolute atomic E-state index is 0.437. The Morgan fingerprint density at radius 2 is 1.94 bits per heavy atom. The van der Waals surface area contributed by atoms with Gasteiger partial charge < -0.3 is 0 Å². The van der Waals surface area contributed by atoms with Gasteiger partial charge in [-0.05, 0) is 29.5 Å². The highest BCUT2D eigenvalue weighted by Crippen LogP contribution is 2.13. The van der Waals surface area contributed by atoms with Gasteiger partial charge in [0.05, 0.1) is 18.0 Å². The Balaban J connectivity index is 2.34. The Hall–Kier alpha value is -1.80. The van der Waals surface area contributed by atoms with Crippen LogP contribution in [0.3, 0.4) is 0 Å². The van der Waals surface area contributed by atoms with Crippen LogP contribution in [0.1, 0.15) is 18.8 Å². The molecule has 0 aliphatic heterocycles. The third-order valence-electron chi connectivity index (χ3n) is 2.27. The molecule has 0 aliphatic rings. The molecule has 1 aromatic heterocycles. The van der Waals surface area contributed by atoms with Crippen LogP contribution >= 0.6 is 0 Å². The summed E-state index contributed by atoms with van der Waals surface area (Å²) in [5.74, 6) is 0.437. The zero-order chi connectivity index (χ0) is 13.2. The first-order valence-corrected chi connectivity index (χ1v) is 7.17. The fraction of sp³-hybridized carbons (Fsp3) is 0.300. The van der Waals surface area contributed by atoms with Crippen molar-refractivity contribution in [1.82, 2.24) is 24.9 Å². The van der Waals surface area contributed by atoms with E-state index in [2.05, 4.69) is 20.2 Å². The molecule has 0 bridgehead atoms. The van der Waals surface area contributed by atoms with Gasteiger partial charge in [-0.1, -0.05) is 18.2 Å². The summed E-state index contributed by atoms with van der Waals surface area (Å²) in [6.45, 7) is 1.69. The normalized spacial score (nSPS) is 13.4. The molecule has 1 unspecified atom stereocenters. The van der Waals surface area contributed by atoms with Gasteiger partial charge in [-0.15, -0.1) is 5.10 Å². The number of aromatic nitrogens is 4. The molecule has 18 heavy (non-hydrogen) atoms. The molecule has 1 atom stereocenters. The highest BCUT2D eigenvalue weighted by Gasteiger charge is 2.18. The SMILES string of the molecule is CC(NS(C)(=O)=O)c1nnnn1-c1ccccc1. The van der Waals surface area contributed by atoms with Crippen molar-refractivity contribution in [2.75, 3.05) is 6.26 Å². The van der Waals surface area contributed by atoms with Gasteiger partial charge in [-0.25, -0.2) is 13.1 Å². The Morgan fingerprint density at radius 3 is 2.56 bits per heavy atom. The fourth-order valence-corrected chi connectivity index (χ4v) is 2.34. The van der Waals surface area contributed by atoms with Crippen molar-refractivity contribution >= 4 is 10.0 Å². The van der Waals surface area contributed by atoms with Crippen LogP contribution in [0, 0.1) is 0 Å². The third-order valence-corrected chi connectivity index (χ3v) is 3.05. The second-order valence-electron chi connectivity index (χ2n) is 3.90. The summed E-state index contributed by atoms with van der Waals surface area (Å²) >= 11 is 0. The Bertz CT molecular complexity index is 623. The minimum Gasteiger partial charge on any atom is -0.213 e.